The Hall–Kier alpha value is -3.92. The van der Waals surface area contributed by atoms with Crippen LogP contribution in [0.5, 0.6) is 0 Å². The molecule has 0 aliphatic heterocycles. The number of carbonyl (C=O) groups excluding carboxylic acids is 2. The molecule has 2 rings (SSSR count). The summed E-state index contributed by atoms with van der Waals surface area (Å²) in [5, 5.41) is 0. The minimum absolute atomic E-state index is 0.00519. The highest BCUT2D eigenvalue weighted by Gasteiger charge is 2.37. The standard InChI is InChI=1S/C72H116O4/c1-13-15-17-19-21-23-25-27-29-31-33-35-37-49-69(73)75-65-55-63(7)67(71(9,10)57-65)53-51-61(5)47-41-45-59(3)43-39-40-44-60(4)46-42-48-62(6)52-54-68-64(8)56-66(58-72(68,11)12)76-70(74)50-38-36-34-32-30-28-26-24-22-20-18-16-14-2/h39-48,51-55,65-67H,13-38,49-50,56-58H2,1-12H3/b40-39+,45-41+,46-42+,53-51+,54-52+,59-43+,60-44+,61-47-,62-48+/t65-,66+,67-/m0/s1. The summed E-state index contributed by atoms with van der Waals surface area (Å²) in [6.45, 7) is 26.6. The van der Waals surface area contributed by atoms with Crippen LogP contribution in [0.2, 0.25) is 0 Å². The van der Waals surface area contributed by atoms with Crippen molar-refractivity contribution in [3.63, 3.8) is 0 Å². The molecule has 0 amide bonds. The maximum atomic E-state index is 12.8. The van der Waals surface area contributed by atoms with Crippen molar-refractivity contribution in [2.45, 2.75) is 294 Å². The Balaban J connectivity index is 1.73. The third kappa shape index (κ3) is 32.7. The minimum Gasteiger partial charge on any atom is -0.462 e. The monoisotopic (exact) mass is 1040 g/mol. The molecule has 4 heteroatoms. The second kappa shape index (κ2) is 41.2. The van der Waals surface area contributed by atoms with Crippen LogP contribution in [-0.2, 0) is 19.1 Å². The number of allylic oxidation sites excluding steroid dienone is 20. The third-order valence-corrected chi connectivity index (χ3v) is 15.8. The molecule has 76 heavy (non-hydrogen) atoms. The highest BCUT2D eigenvalue weighted by Crippen LogP contribution is 2.44. The number of unbranched alkanes of at least 4 members (excludes halogenated alkanes) is 24. The van der Waals surface area contributed by atoms with Crippen LogP contribution in [0.25, 0.3) is 0 Å². The van der Waals surface area contributed by atoms with Crippen LogP contribution in [0.15, 0.2) is 130 Å². The van der Waals surface area contributed by atoms with E-state index in [9.17, 15) is 9.59 Å². The van der Waals surface area contributed by atoms with Gasteiger partial charge in [0.05, 0.1) is 0 Å². The van der Waals surface area contributed by atoms with Crippen LogP contribution in [0.4, 0.5) is 0 Å². The van der Waals surface area contributed by atoms with Crippen molar-refractivity contribution in [1.82, 2.24) is 0 Å². The molecule has 0 heterocycles. The lowest BCUT2D eigenvalue weighted by Crippen LogP contribution is -2.34. The summed E-state index contributed by atoms with van der Waals surface area (Å²) in [7, 11) is 0. The van der Waals surface area contributed by atoms with Gasteiger partial charge in [0.2, 0.25) is 0 Å². The van der Waals surface area contributed by atoms with E-state index in [0.29, 0.717) is 18.8 Å². The first-order valence-electron chi connectivity index (χ1n) is 31.3. The first-order valence-corrected chi connectivity index (χ1v) is 31.3. The van der Waals surface area contributed by atoms with Crippen molar-refractivity contribution in [3.8, 4) is 0 Å². The van der Waals surface area contributed by atoms with Gasteiger partial charge in [0.15, 0.2) is 0 Å². The normalized spacial score (nSPS) is 19.8. The third-order valence-electron chi connectivity index (χ3n) is 15.8. The van der Waals surface area contributed by atoms with Crippen molar-refractivity contribution in [1.29, 1.82) is 0 Å². The van der Waals surface area contributed by atoms with E-state index >= 15 is 0 Å². The van der Waals surface area contributed by atoms with Gasteiger partial charge in [-0.1, -0.05) is 314 Å². The summed E-state index contributed by atoms with van der Waals surface area (Å²) in [5.74, 6) is 0.224. The van der Waals surface area contributed by atoms with Crippen LogP contribution in [0.1, 0.15) is 282 Å². The van der Waals surface area contributed by atoms with Gasteiger partial charge in [-0.25, -0.2) is 0 Å². The smallest absolute Gasteiger partial charge is 0.306 e. The van der Waals surface area contributed by atoms with Gasteiger partial charge < -0.3 is 9.47 Å². The average molecular weight is 1050 g/mol. The predicted molar refractivity (Wildman–Crippen MR) is 332 cm³/mol. The fraction of sp³-hybridized carbons (Fsp3) is 0.667. The van der Waals surface area contributed by atoms with Crippen molar-refractivity contribution >= 4 is 11.9 Å². The van der Waals surface area contributed by atoms with Gasteiger partial charge in [0, 0.05) is 25.2 Å². The molecule has 4 nitrogen and oxygen atoms in total. The zero-order valence-electron chi connectivity index (χ0n) is 51.4. The molecule has 2 aliphatic carbocycles. The van der Waals surface area contributed by atoms with Gasteiger partial charge in [-0.3, -0.25) is 9.59 Å². The first-order chi connectivity index (χ1) is 36.5. The molecule has 0 spiro atoms. The molecule has 2 aliphatic rings. The SMILES string of the molecule is CCCCCCCCCCCCCCCC(=O)O[C@@H]1CC(C)=C(/C=C/C(C)=C/C=C/C(C)=C/C=C/C=C(C)/C=C/C=C(C)\C=C\[C@H]2C(C)=C[C@H](OC(=O)CCCCCCCCCCCCCCC)CC2(C)C)C(C)(C)C1. The predicted octanol–water partition coefficient (Wildman–Crippen LogP) is 22.5. The second-order valence-corrected chi connectivity index (χ2v) is 24.6. The van der Waals surface area contributed by atoms with E-state index < -0.39 is 0 Å². The molecule has 3 atom stereocenters. The molecule has 0 saturated heterocycles. The molecule has 0 N–H and O–H groups in total. The van der Waals surface area contributed by atoms with Gasteiger partial charge in [0.1, 0.15) is 12.2 Å². The summed E-state index contributed by atoms with van der Waals surface area (Å²) in [6.07, 6.45) is 69.9. The average Bonchev–Trinajstić information content (AvgIpc) is 3.34. The van der Waals surface area contributed by atoms with Gasteiger partial charge in [-0.2, -0.15) is 0 Å². The van der Waals surface area contributed by atoms with Crippen molar-refractivity contribution in [2.24, 2.45) is 16.7 Å². The Labute approximate surface area is 470 Å². The lowest BCUT2D eigenvalue weighted by atomic mass is 9.67. The van der Waals surface area contributed by atoms with E-state index in [1.807, 2.05) is 0 Å². The Bertz CT molecular complexity index is 1980. The van der Waals surface area contributed by atoms with Gasteiger partial charge in [-0.15, -0.1) is 0 Å². The Morgan fingerprint density at radius 1 is 0.500 bits per heavy atom. The molecule has 0 aromatic heterocycles. The lowest BCUT2D eigenvalue weighted by Gasteiger charge is -2.40. The molecular weight excluding hydrogens is 929 g/mol. The van der Waals surface area contributed by atoms with Crippen molar-refractivity contribution in [2.75, 3.05) is 0 Å². The molecule has 0 saturated carbocycles. The quantitative estimate of drug-likeness (QED) is 0.0266. The number of ether oxygens (including phenoxy) is 2. The van der Waals surface area contributed by atoms with Crippen LogP contribution >= 0.6 is 0 Å². The van der Waals surface area contributed by atoms with Crippen LogP contribution < -0.4 is 0 Å². The zero-order valence-corrected chi connectivity index (χ0v) is 51.4. The van der Waals surface area contributed by atoms with Crippen LogP contribution in [0.3, 0.4) is 0 Å². The van der Waals surface area contributed by atoms with Gasteiger partial charge in [0.25, 0.3) is 0 Å². The fourth-order valence-corrected chi connectivity index (χ4v) is 11.3. The highest BCUT2D eigenvalue weighted by atomic mass is 16.5. The molecule has 0 bridgehead atoms. The summed E-state index contributed by atoms with van der Waals surface area (Å²) in [5.41, 5.74) is 8.64. The summed E-state index contributed by atoms with van der Waals surface area (Å²) >= 11 is 0. The fourth-order valence-electron chi connectivity index (χ4n) is 11.3. The van der Waals surface area contributed by atoms with E-state index in [4.69, 9.17) is 9.47 Å². The van der Waals surface area contributed by atoms with Crippen LogP contribution in [0, 0.1) is 16.7 Å². The Morgan fingerprint density at radius 2 is 0.882 bits per heavy atom. The van der Waals surface area contributed by atoms with Crippen molar-refractivity contribution in [3.05, 3.63) is 130 Å². The number of carbonyl (C=O) groups is 2. The molecule has 0 aromatic rings. The molecule has 0 aromatic carbocycles. The molecule has 0 fully saturated rings. The topological polar surface area (TPSA) is 52.6 Å². The Morgan fingerprint density at radius 3 is 1.30 bits per heavy atom. The van der Waals surface area contributed by atoms with Gasteiger partial charge >= 0.3 is 11.9 Å². The lowest BCUT2D eigenvalue weighted by molar-refractivity contribution is -0.151. The van der Waals surface area contributed by atoms with Crippen molar-refractivity contribution < 1.29 is 19.1 Å². The maximum absolute atomic E-state index is 12.8. The summed E-state index contributed by atoms with van der Waals surface area (Å²) in [4.78, 5) is 25.6. The van der Waals surface area contributed by atoms with Crippen LogP contribution in [-0.4, -0.2) is 24.1 Å². The minimum atomic E-state index is -0.143. The summed E-state index contributed by atoms with van der Waals surface area (Å²) < 4.78 is 12.0. The van der Waals surface area contributed by atoms with E-state index in [0.717, 1.165) is 44.9 Å². The van der Waals surface area contributed by atoms with Gasteiger partial charge in [-0.05, 0) is 89.7 Å². The maximum Gasteiger partial charge on any atom is 0.306 e. The number of rotatable bonds is 40. The van der Waals surface area contributed by atoms with E-state index in [1.165, 1.54) is 180 Å². The molecule has 0 unspecified atom stereocenters. The molecular formula is C72H116O4. The summed E-state index contributed by atoms with van der Waals surface area (Å²) in [6, 6.07) is 0. The largest absolute Gasteiger partial charge is 0.462 e. The second-order valence-electron chi connectivity index (χ2n) is 24.6. The van der Waals surface area contributed by atoms with E-state index in [-0.39, 0.29) is 35.0 Å². The first kappa shape index (κ1) is 68.2. The zero-order chi connectivity index (χ0) is 55.9. The highest BCUT2D eigenvalue weighted by molar-refractivity contribution is 5.70. The van der Waals surface area contributed by atoms with E-state index in [1.54, 1.807) is 0 Å². The number of hydrogen-bond donors (Lipinski definition) is 0. The number of esters is 2. The number of hydrogen-bond acceptors (Lipinski definition) is 4. The van der Waals surface area contributed by atoms with E-state index in [2.05, 4.69) is 174 Å². The Kier molecular flexibility index (Phi) is 36.9. The molecule has 428 valence electrons. The molecule has 0 radical (unpaired) electrons.